The first-order chi connectivity index (χ1) is 12.7. The number of aromatic nitrogens is 1. The molecular formula is C20H35N5S. The van der Waals surface area contributed by atoms with E-state index in [-0.39, 0.29) is 0 Å². The maximum Gasteiger partial charge on any atom is 0.191 e. The molecule has 2 heterocycles. The maximum absolute atomic E-state index is 4.44. The van der Waals surface area contributed by atoms with Gasteiger partial charge in [0.1, 0.15) is 0 Å². The Labute approximate surface area is 162 Å². The lowest BCUT2D eigenvalue weighted by Gasteiger charge is -2.48. The summed E-state index contributed by atoms with van der Waals surface area (Å²) in [4.78, 5) is 13.0. The summed E-state index contributed by atoms with van der Waals surface area (Å²) in [6.45, 7) is 6.56. The number of thiazole rings is 1. The lowest BCUT2D eigenvalue weighted by Crippen LogP contribution is -2.59. The van der Waals surface area contributed by atoms with Gasteiger partial charge in [-0.05, 0) is 45.7 Å². The van der Waals surface area contributed by atoms with E-state index in [1.54, 1.807) is 11.3 Å². The van der Waals surface area contributed by atoms with Crippen molar-refractivity contribution in [3.05, 3.63) is 16.1 Å². The molecule has 0 bridgehead atoms. The molecule has 1 aromatic heterocycles. The SMILES string of the molecule is CN=C(NCCc1ncc(C)s1)NCC1(N2CCCCC2)CCCCC1. The molecule has 0 aromatic carbocycles. The Hall–Kier alpha value is -1.14. The van der Waals surface area contributed by atoms with Gasteiger partial charge in [0.15, 0.2) is 5.96 Å². The quantitative estimate of drug-likeness (QED) is 0.590. The Morgan fingerprint density at radius 3 is 2.54 bits per heavy atom. The fourth-order valence-electron chi connectivity index (χ4n) is 4.46. The minimum atomic E-state index is 0.336. The third-order valence-electron chi connectivity index (χ3n) is 5.92. The predicted molar refractivity (Wildman–Crippen MR) is 111 cm³/mol. The second-order valence-electron chi connectivity index (χ2n) is 7.80. The van der Waals surface area contributed by atoms with Gasteiger partial charge in [-0.1, -0.05) is 25.7 Å². The van der Waals surface area contributed by atoms with E-state index in [0.29, 0.717) is 5.54 Å². The van der Waals surface area contributed by atoms with Gasteiger partial charge >= 0.3 is 0 Å². The molecule has 5 nitrogen and oxygen atoms in total. The highest BCUT2D eigenvalue weighted by Gasteiger charge is 2.38. The van der Waals surface area contributed by atoms with E-state index >= 15 is 0 Å². The molecule has 0 spiro atoms. The maximum atomic E-state index is 4.44. The number of rotatable bonds is 6. The standard InChI is InChI=1S/C20H35N5S/c1-17-15-23-18(26-17)9-12-22-19(21-2)24-16-20(10-5-3-6-11-20)25-13-7-4-8-14-25/h15H,3-14,16H2,1-2H3,(H2,21,22,24). The number of nitrogens with one attached hydrogen (secondary N) is 2. The van der Waals surface area contributed by atoms with Crippen LogP contribution in [0.4, 0.5) is 0 Å². The molecule has 26 heavy (non-hydrogen) atoms. The molecular weight excluding hydrogens is 342 g/mol. The Morgan fingerprint density at radius 1 is 1.15 bits per heavy atom. The summed E-state index contributed by atoms with van der Waals surface area (Å²) >= 11 is 1.78. The van der Waals surface area contributed by atoms with E-state index in [0.717, 1.165) is 25.5 Å². The fraction of sp³-hybridized carbons (Fsp3) is 0.800. The van der Waals surface area contributed by atoms with Crippen molar-refractivity contribution in [2.24, 2.45) is 4.99 Å². The van der Waals surface area contributed by atoms with Crippen LogP contribution in [0.15, 0.2) is 11.2 Å². The highest BCUT2D eigenvalue weighted by atomic mass is 32.1. The van der Waals surface area contributed by atoms with E-state index in [9.17, 15) is 0 Å². The van der Waals surface area contributed by atoms with Crippen LogP contribution in [0, 0.1) is 6.92 Å². The molecule has 2 N–H and O–H groups in total. The first-order valence-electron chi connectivity index (χ1n) is 10.3. The lowest BCUT2D eigenvalue weighted by atomic mass is 9.79. The molecule has 1 aliphatic heterocycles. The van der Waals surface area contributed by atoms with Crippen molar-refractivity contribution in [3.63, 3.8) is 0 Å². The molecule has 2 fully saturated rings. The van der Waals surface area contributed by atoms with Gasteiger partial charge in [-0.15, -0.1) is 11.3 Å². The van der Waals surface area contributed by atoms with E-state index in [4.69, 9.17) is 0 Å². The normalized spacial score (nSPS) is 21.5. The summed E-state index contributed by atoms with van der Waals surface area (Å²) in [6.07, 6.45) is 13.8. The Morgan fingerprint density at radius 2 is 1.88 bits per heavy atom. The molecule has 1 aliphatic carbocycles. The molecule has 1 saturated carbocycles. The van der Waals surface area contributed by atoms with Gasteiger partial charge in [0, 0.05) is 43.2 Å². The fourth-order valence-corrected chi connectivity index (χ4v) is 5.24. The van der Waals surface area contributed by atoms with Crippen molar-refractivity contribution in [2.75, 3.05) is 33.2 Å². The van der Waals surface area contributed by atoms with Gasteiger partial charge in [0.25, 0.3) is 0 Å². The number of hydrogen-bond acceptors (Lipinski definition) is 4. The molecule has 6 heteroatoms. The second-order valence-corrected chi connectivity index (χ2v) is 9.12. The monoisotopic (exact) mass is 377 g/mol. The smallest absolute Gasteiger partial charge is 0.191 e. The van der Waals surface area contributed by atoms with Crippen LogP contribution in [-0.2, 0) is 6.42 Å². The summed E-state index contributed by atoms with van der Waals surface area (Å²) in [5.41, 5.74) is 0.336. The summed E-state index contributed by atoms with van der Waals surface area (Å²) in [7, 11) is 1.87. The van der Waals surface area contributed by atoms with Crippen molar-refractivity contribution in [1.29, 1.82) is 0 Å². The molecule has 146 valence electrons. The van der Waals surface area contributed by atoms with Crippen LogP contribution < -0.4 is 10.6 Å². The largest absolute Gasteiger partial charge is 0.356 e. The number of piperidine rings is 1. The molecule has 1 saturated heterocycles. The summed E-state index contributed by atoms with van der Waals surface area (Å²) in [5.74, 6) is 0.931. The van der Waals surface area contributed by atoms with Gasteiger partial charge in [-0.2, -0.15) is 0 Å². The first-order valence-corrected chi connectivity index (χ1v) is 11.1. The molecule has 0 radical (unpaired) electrons. The van der Waals surface area contributed by atoms with Crippen LogP contribution in [-0.4, -0.2) is 54.6 Å². The van der Waals surface area contributed by atoms with Crippen LogP contribution in [0.2, 0.25) is 0 Å². The van der Waals surface area contributed by atoms with Crippen LogP contribution >= 0.6 is 11.3 Å². The van der Waals surface area contributed by atoms with Crippen molar-refractivity contribution in [3.8, 4) is 0 Å². The van der Waals surface area contributed by atoms with Gasteiger partial charge < -0.3 is 10.6 Å². The highest BCUT2D eigenvalue weighted by Crippen LogP contribution is 2.35. The predicted octanol–water partition coefficient (Wildman–Crippen LogP) is 3.35. The minimum absolute atomic E-state index is 0.336. The van der Waals surface area contributed by atoms with E-state index < -0.39 is 0 Å². The van der Waals surface area contributed by atoms with E-state index in [2.05, 4.69) is 32.4 Å². The second kappa shape index (κ2) is 9.70. The third-order valence-corrected chi connectivity index (χ3v) is 6.89. The molecule has 2 aliphatic rings. The number of likely N-dealkylation sites (tertiary alicyclic amines) is 1. The average molecular weight is 378 g/mol. The van der Waals surface area contributed by atoms with E-state index in [1.807, 2.05) is 13.2 Å². The summed E-state index contributed by atoms with van der Waals surface area (Å²) in [5, 5.41) is 8.32. The average Bonchev–Trinajstić information content (AvgIpc) is 3.11. The van der Waals surface area contributed by atoms with Crippen molar-refractivity contribution in [1.82, 2.24) is 20.5 Å². The van der Waals surface area contributed by atoms with Crippen LogP contribution in [0.3, 0.4) is 0 Å². The zero-order valence-electron chi connectivity index (χ0n) is 16.5. The Kier molecular flexibility index (Phi) is 7.32. The molecule has 0 atom stereocenters. The summed E-state index contributed by atoms with van der Waals surface area (Å²) < 4.78 is 0. The third kappa shape index (κ3) is 5.19. The number of aliphatic imine (C=N–C) groups is 1. The highest BCUT2D eigenvalue weighted by molar-refractivity contribution is 7.11. The number of aryl methyl sites for hydroxylation is 1. The van der Waals surface area contributed by atoms with Gasteiger partial charge in [-0.25, -0.2) is 4.98 Å². The molecule has 0 amide bonds. The molecule has 1 aromatic rings. The van der Waals surface area contributed by atoms with Crippen LogP contribution in [0.1, 0.15) is 61.3 Å². The van der Waals surface area contributed by atoms with Crippen LogP contribution in [0.5, 0.6) is 0 Å². The van der Waals surface area contributed by atoms with Crippen molar-refractivity contribution in [2.45, 2.75) is 70.3 Å². The number of hydrogen-bond donors (Lipinski definition) is 2. The Balaban J connectivity index is 1.51. The van der Waals surface area contributed by atoms with Gasteiger partial charge in [0.05, 0.1) is 5.01 Å². The molecule has 3 rings (SSSR count). The van der Waals surface area contributed by atoms with Crippen molar-refractivity contribution < 1.29 is 0 Å². The zero-order valence-corrected chi connectivity index (χ0v) is 17.3. The number of nitrogens with zero attached hydrogens (tertiary/aromatic N) is 3. The Bertz CT molecular complexity index is 571. The van der Waals surface area contributed by atoms with Crippen LogP contribution in [0.25, 0.3) is 0 Å². The van der Waals surface area contributed by atoms with Gasteiger partial charge in [-0.3, -0.25) is 9.89 Å². The summed E-state index contributed by atoms with van der Waals surface area (Å²) in [6, 6.07) is 0. The van der Waals surface area contributed by atoms with Gasteiger partial charge in [0.2, 0.25) is 0 Å². The first kappa shape index (κ1) is 19.6. The van der Waals surface area contributed by atoms with Crippen molar-refractivity contribution >= 4 is 17.3 Å². The molecule has 0 unspecified atom stereocenters. The lowest BCUT2D eigenvalue weighted by molar-refractivity contribution is 0.0368. The number of guanidine groups is 1. The van der Waals surface area contributed by atoms with E-state index in [1.165, 1.54) is 74.3 Å². The topological polar surface area (TPSA) is 52.6 Å². The zero-order chi connectivity index (χ0) is 18.2. The minimum Gasteiger partial charge on any atom is -0.356 e.